The van der Waals surface area contributed by atoms with Crippen LogP contribution in [0.2, 0.25) is 0 Å². The van der Waals surface area contributed by atoms with Crippen molar-refractivity contribution < 1.29 is 0 Å². The number of aromatic nitrogens is 2. The number of aryl methyl sites for hydroxylation is 1. The van der Waals surface area contributed by atoms with Crippen LogP contribution in [0.4, 0.5) is 0 Å². The summed E-state index contributed by atoms with van der Waals surface area (Å²) in [5, 5.41) is 0. The first-order valence-electron chi connectivity index (χ1n) is 6.32. The fourth-order valence-electron chi connectivity index (χ4n) is 1.96. The molecule has 1 aromatic heterocycles. The Balaban J connectivity index is 2.35. The van der Waals surface area contributed by atoms with Gasteiger partial charge in [-0.15, -0.1) is 0 Å². The van der Waals surface area contributed by atoms with Crippen LogP contribution in [0.1, 0.15) is 24.4 Å². The highest BCUT2D eigenvalue weighted by Crippen LogP contribution is 2.21. The average Bonchev–Trinajstić information content (AvgIpc) is 2.37. The average molecular weight is 257 g/mol. The lowest BCUT2D eigenvalue weighted by molar-refractivity contribution is 0.321. The Labute approximate surface area is 113 Å². The minimum Gasteiger partial charge on any atom is -0.311 e. The van der Waals surface area contributed by atoms with Gasteiger partial charge in [-0.05, 0) is 33.5 Å². The van der Waals surface area contributed by atoms with E-state index in [1.807, 2.05) is 12.1 Å². The molecule has 0 fully saturated rings. The summed E-state index contributed by atoms with van der Waals surface area (Å²) >= 11 is 0. The van der Waals surface area contributed by atoms with Crippen LogP contribution in [-0.2, 0) is 0 Å². The van der Waals surface area contributed by atoms with Crippen molar-refractivity contribution in [3.63, 3.8) is 0 Å². The van der Waals surface area contributed by atoms with Crippen LogP contribution in [-0.4, -0.2) is 29.0 Å². The molecule has 0 bridgehead atoms. The number of benzene rings is 1. The first-order chi connectivity index (χ1) is 8.97. The van der Waals surface area contributed by atoms with Crippen LogP contribution in [0.3, 0.4) is 0 Å². The van der Waals surface area contributed by atoms with Crippen molar-refractivity contribution in [2.24, 2.45) is 0 Å². The summed E-state index contributed by atoms with van der Waals surface area (Å²) in [5.41, 5.74) is 2.80. The maximum atomic E-state index is 11.4. The Morgan fingerprint density at radius 1 is 1.21 bits per heavy atom. The molecular weight excluding hydrogens is 238 g/mol. The largest absolute Gasteiger partial charge is 0.311 e. The minimum atomic E-state index is -0.117. The number of rotatable bonds is 3. The van der Waals surface area contributed by atoms with E-state index in [1.165, 1.54) is 11.6 Å². The van der Waals surface area contributed by atoms with Crippen molar-refractivity contribution >= 4 is 0 Å². The van der Waals surface area contributed by atoms with Gasteiger partial charge in [0.05, 0.1) is 5.69 Å². The summed E-state index contributed by atoms with van der Waals surface area (Å²) in [5.74, 6) is 0.633. The zero-order valence-electron chi connectivity index (χ0n) is 11.8. The zero-order chi connectivity index (χ0) is 14.0. The maximum Gasteiger partial charge on any atom is 0.251 e. The number of hydrogen-bond acceptors (Lipinski definition) is 3. The molecule has 0 unspecified atom stereocenters. The molecular formula is C15H19N3O. The Morgan fingerprint density at radius 3 is 2.37 bits per heavy atom. The van der Waals surface area contributed by atoms with Crippen molar-refractivity contribution in [1.82, 2.24) is 14.9 Å². The molecule has 0 aliphatic rings. The fraction of sp³-hybridized carbons (Fsp3) is 0.333. The first-order valence-corrected chi connectivity index (χ1v) is 6.32. The third-order valence-electron chi connectivity index (χ3n) is 3.32. The molecule has 2 rings (SSSR count). The van der Waals surface area contributed by atoms with Gasteiger partial charge in [-0.1, -0.05) is 24.3 Å². The van der Waals surface area contributed by atoms with Gasteiger partial charge in [-0.3, -0.25) is 4.79 Å². The third kappa shape index (κ3) is 3.09. The molecule has 0 aliphatic heterocycles. The molecule has 1 heterocycles. The van der Waals surface area contributed by atoms with E-state index in [-0.39, 0.29) is 5.56 Å². The zero-order valence-corrected chi connectivity index (χ0v) is 11.8. The lowest BCUT2D eigenvalue weighted by atomic mass is 10.0. The summed E-state index contributed by atoms with van der Waals surface area (Å²) in [6.07, 6.45) is 0. The predicted molar refractivity (Wildman–Crippen MR) is 77.1 cm³/mol. The van der Waals surface area contributed by atoms with Gasteiger partial charge in [0.1, 0.15) is 5.82 Å². The highest BCUT2D eigenvalue weighted by atomic mass is 16.1. The molecule has 19 heavy (non-hydrogen) atoms. The van der Waals surface area contributed by atoms with Crippen molar-refractivity contribution in [2.45, 2.75) is 19.9 Å². The third-order valence-corrected chi connectivity index (χ3v) is 3.32. The van der Waals surface area contributed by atoms with E-state index in [2.05, 4.69) is 48.0 Å². The molecule has 0 saturated heterocycles. The summed E-state index contributed by atoms with van der Waals surface area (Å²) in [7, 11) is 4.11. The minimum absolute atomic E-state index is 0.117. The quantitative estimate of drug-likeness (QED) is 0.918. The van der Waals surface area contributed by atoms with Crippen molar-refractivity contribution in [2.75, 3.05) is 14.1 Å². The number of H-pyrrole nitrogens is 1. The van der Waals surface area contributed by atoms with E-state index in [0.717, 1.165) is 5.56 Å². The molecule has 2 aromatic rings. The van der Waals surface area contributed by atoms with Crippen molar-refractivity contribution in [3.8, 4) is 11.3 Å². The summed E-state index contributed by atoms with van der Waals surface area (Å²) in [6, 6.07) is 10.1. The van der Waals surface area contributed by atoms with Crippen LogP contribution >= 0.6 is 0 Å². The van der Waals surface area contributed by atoms with E-state index < -0.39 is 0 Å². The number of nitrogens with zero attached hydrogens (tertiary/aromatic N) is 2. The normalized spacial score (nSPS) is 12.7. The summed E-state index contributed by atoms with van der Waals surface area (Å²) < 4.78 is 0. The second-order valence-corrected chi connectivity index (χ2v) is 4.98. The molecule has 0 saturated carbocycles. The molecule has 4 heteroatoms. The smallest absolute Gasteiger partial charge is 0.251 e. The van der Waals surface area contributed by atoms with Crippen LogP contribution in [0.15, 0.2) is 35.1 Å². The molecule has 0 spiro atoms. The van der Waals surface area contributed by atoms with Crippen molar-refractivity contribution in [3.05, 3.63) is 52.1 Å². The predicted octanol–water partition coefficient (Wildman–Crippen LogP) is 2.37. The molecule has 0 radical (unpaired) electrons. The Kier molecular flexibility index (Phi) is 3.81. The van der Waals surface area contributed by atoms with Crippen LogP contribution in [0.5, 0.6) is 0 Å². The topological polar surface area (TPSA) is 49.0 Å². The second-order valence-electron chi connectivity index (χ2n) is 4.98. The molecule has 1 aromatic carbocycles. The number of nitrogens with one attached hydrogen (secondary N) is 1. The van der Waals surface area contributed by atoms with Crippen LogP contribution in [0, 0.1) is 6.92 Å². The Bertz CT molecular complexity index is 614. The maximum absolute atomic E-state index is 11.4. The van der Waals surface area contributed by atoms with E-state index >= 15 is 0 Å². The SMILES string of the molecule is Cc1nc(-c2ccc([C@@H](C)N(C)C)cc2)cc(=O)[nH]1. The highest BCUT2D eigenvalue weighted by Gasteiger charge is 2.08. The van der Waals surface area contributed by atoms with E-state index in [0.29, 0.717) is 17.6 Å². The lowest BCUT2D eigenvalue weighted by Crippen LogP contribution is -2.16. The molecule has 1 N–H and O–H groups in total. The van der Waals surface area contributed by atoms with Gasteiger partial charge in [-0.25, -0.2) is 4.98 Å². The van der Waals surface area contributed by atoms with Gasteiger partial charge in [-0.2, -0.15) is 0 Å². The lowest BCUT2D eigenvalue weighted by Gasteiger charge is -2.20. The molecule has 0 aliphatic carbocycles. The van der Waals surface area contributed by atoms with E-state index in [4.69, 9.17) is 0 Å². The van der Waals surface area contributed by atoms with E-state index in [1.54, 1.807) is 6.92 Å². The highest BCUT2D eigenvalue weighted by molar-refractivity contribution is 5.59. The monoisotopic (exact) mass is 257 g/mol. The second kappa shape index (κ2) is 5.36. The number of aromatic amines is 1. The first kappa shape index (κ1) is 13.5. The standard InChI is InChI=1S/C15H19N3O/c1-10(18(3)4)12-5-7-13(8-6-12)14-9-15(19)17-11(2)16-14/h5-10H,1-4H3,(H,16,17,19)/t10-/m1/s1. The van der Waals surface area contributed by atoms with Gasteiger partial charge >= 0.3 is 0 Å². The van der Waals surface area contributed by atoms with Crippen LogP contribution in [0.25, 0.3) is 11.3 Å². The van der Waals surface area contributed by atoms with Crippen molar-refractivity contribution in [1.29, 1.82) is 0 Å². The summed E-state index contributed by atoms with van der Waals surface area (Å²) in [4.78, 5) is 20.6. The summed E-state index contributed by atoms with van der Waals surface area (Å²) in [6.45, 7) is 3.94. The fourth-order valence-corrected chi connectivity index (χ4v) is 1.96. The van der Waals surface area contributed by atoms with Gasteiger partial charge in [0, 0.05) is 17.7 Å². The number of hydrogen-bond donors (Lipinski definition) is 1. The van der Waals surface area contributed by atoms with Gasteiger partial charge in [0.2, 0.25) is 0 Å². The molecule has 4 nitrogen and oxygen atoms in total. The Morgan fingerprint density at radius 2 is 1.84 bits per heavy atom. The van der Waals surface area contributed by atoms with Gasteiger partial charge in [0.15, 0.2) is 0 Å². The molecule has 1 atom stereocenters. The molecule has 0 amide bonds. The van der Waals surface area contributed by atoms with Gasteiger partial charge < -0.3 is 9.88 Å². The molecule has 100 valence electrons. The van der Waals surface area contributed by atoms with E-state index in [9.17, 15) is 4.79 Å². The Hall–Kier alpha value is -1.94. The van der Waals surface area contributed by atoms with Crippen LogP contribution < -0.4 is 5.56 Å². The van der Waals surface area contributed by atoms with Gasteiger partial charge in [0.25, 0.3) is 5.56 Å².